The summed E-state index contributed by atoms with van der Waals surface area (Å²) < 4.78 is 7.80. The minimum Gasteiger partial charge on any atom is -0.365 e. The number of aryl methyl sites for hydroxylation is 1. The summed E-state index contributed by atoms with van der Waals surface area (Å²) in [4.78, 5) is 16.8. The molecular formula is C14H21N3O2. The smallest absolute Gasteiger partial charge is 0.257 e. The molecule has 0 saturated carbocycles. The number of ether oxygens (including phenoxy) is 1. The van der Waals surface area contributed by atoms with E-state index in [1.807, 2.05) is 6.92 Å². The van der Waals surface area contributed by atoms with Gasteiger partial charge in [0, 0.05) is 19.6 Å². The lowest BCUT2D eigenvalue weighted by molar-refractivity contribution is -0.144. The van der Waals surface area contributed by atoms with Gasteiger partial charge in [-0.25, -0.2) is 4.98 Å². The van der Waals surface area contributed by atoms with Crippen LogP contribution in [-0.2, 0) is 22.5 Å². The van der Waals surface area contributed by atoms with Crippen molar-refractivity contribution in [1.29, 1.82) is 0 Å². The van der Waals surface area contributed by atoms with Crippen LogP contribution in [0.2, 0.25) is 0 Å². The van der Waals surface area contributed by atoms with E-state index >= 15 is 0 Å². The highest BCUT2D eigenvalue weighted by molar-refractivity contribution is 5.96. The number of carbonyl (C=O) groups is 1. The zero-order valence-corrected chi connectivity index (χ0v) is 11.4. The minimum absolute atomic E-state index is 0.0412. The molecule has 5 nitrogen and oxygen atoms in total. The summed E-state index contributed by atoms with van der Waals surface area (Å²) in [6.45, 7) is 3.51. The Morgan fingerprint density at radius 2 is 2.32 bits per heavy atom. The van der Waals surface area contributed by atoms with Gasteiger partial charge in [0.25, 0.3) is 5.91 Å². The molecule has 1 aromatic rings. The molecule has 1 fully saturated rings. The summed E-state index contributed by atoms with van der Waals surface area (Å²) in [6, 6.07) is 0. The van der Waals surface area contributed by atoms with Crippen LogP contribution in [0.5, 0.6) is 0 Å². The van der Waals surface area contributed by atoms with Gasteiger partial charge in [-0.1, -0.05) is 0 Å². The molecule has 1 aromatic heterocycles. The molecule has 104 valence electrons. The zero-order chi connectivity index (χ0) is 13.3. The number of anilines is 1. The number of fused-ring (bicyclic) bond motifs is 1. The lowest BCUT2D eigenvalue weighted by atomic mass is 9.95. The number of nitrogens with one attached hydrogen (secondary N) is 1. The molecule has 19 heavy (non-hydrogen) atoms. The standard InChI is InChI=1S/C14H21N3O2/c1-14(7-3-5-9-19-14)13(18)16-12-10-15-11-6-2-4-8-17(11)12/h10H,2-9H2,1H3,(H,16,18)/t14-/m1/s1. The van der Waals surface area contributed by atoms with Crippen LogP contribution in [0.4, 0.5) is 5.82 Å². The van der Waals surface area contributed by atoms with E-state index in [0.29, 0.717) is 6.61 Å². The van der Waals surface area contributed by atoms with E-state index in [9.17, 15) is 4.79 Å². The van der Waals surface area contributed by atoms with Crippen molar-refractivity contribution in [2.45, 2.75) is 57.6 Å². The third-order valence-electron chi connectivity index (χ3n) is 4.16. The fourth-order valence-electron chi connectivity index (χ4n) is 2.88. The quantitative estimate of drug-likeness (QED) is 0.889. The molecule has 1 N–H and O–H groups in total. The molecule has 2 aliphatic heterocycles. The average molecular weight is 263 g/mol. The highest BCUT2D eigenvalue weighted by Gasteiger charge is 2.36. The van der Waals surface area contributed by atoms with Crippen molar-refractivity contribution >= 4 is 11.7 Å². The fraction of sp³-hybridized carbons (Fsp3) is 0.714. The van der Waals surface area contributed by atoms with Gasteiger partial charge in [0.05, 0.1) is 6.20 Å². The summed E-state index contributed by atoms with van der Waals surface area (Å²) in [5.41, 5.74) is -0.683. The summed E-state index contributed by atoms with van der Waals surface area (Å²) >= 11 is 0. The van der Waals surface area contributed by atoms with Crippen molar-refractivity contribution in [2.24, 2.45) is 0 Å². The molecule has 3 heterocycles. The fourth-order valence-corrected chi connectivity index (χ4v) is 2.88. The second-order valence-corrected chi connectivity index (χ2v) is 5.66. The average Bonchev–Trinajstić information content (AvgIpc) is 2.83. The van der Waals surface area contributed by atoms with Gasteiger partial charge in [-0.3, -0.25) is 4.79 Å². The summed E-state index contributed by atoms with van der Waals surface area (Å²) in [5, 5.41) is 3.00. The molecule has 1 saturated heterocycles. The van der Waals surface area contributed by atoms with E-state index in [0.717, 1.165) is 50.3 Å². The zero-order valence-electron chi connectivity index (χ0n) is 11.4. The van der Waals surface area contributed by atoms with Crippen LogP contribution in [0.25, 0.3) is 0 Å². The first-order chi connectivity index (χ1) is 9.19. The van der Waals surface area contributed by atoms with Gasteiger partial charge in [-0.05, 0) is 39.0 Å². The van der Waals surface area contributed by atoms with E-state index < -0.39 is 5.60 Å². The number of carbonyl (C=O) groups excluding carboxylic acids is 1. The number of aromatic nitrogens is 2. The first kappa shape index (κ1) is 12.7. The Morgan fingerprint density at radius 3 is 3.11 bits per heavy atom. The largest absolute Gasteiger partial charge is 0.365 e. The molecule has 0 spiro atoms. The van der Waals surface area contributed by atoms with Crippen LogP contribution in [0.1, 0.15) is 44.9 Å². The van der Waals surface area contributed by atoms with Gasteiger partial charge in [0.2, 0.25) is 0 Å². The summed E-state index contributed by atoms with van der Waals surface area (Å²) in [5.74, 6) is 1.85. The topological polar surface area (TPSA) is 56.2 Å². The SMILES string of the molecule is C[C@]1(C(=O)Nc2cnc3n2CCCC3)CCCCO1. The number of hydrogen-bond donors (Lipinski definition) is 1. The summed E-state index contributed by atoms with van der Waals surface area (Å²) in [7, 11) is 0. The normalized spacial score (nSPS) is 26.8. The Morgan fingerprint density at radius 1 is 1.42 bits per heavy atom. The maximum Gasteiger partial charge on any atom is 0.257 e. The predicted octanol–water partition coefficient (Wildman–Crippen LogP) is 2.12. The maximum absolute atomic E-state index is 12.4. The first-order valence-corrected chi connectivity index (χ1v) is 7.19. The lowest BCUT2D eigenvalue weighted by Gasteiger charge is -2.32. The molecule has 0 aromatic carbocycles. The van der Waals surface area contributed by atoms with Gasteiger partial charge in [0.15, 0.2) is 0 Å². The highest BCUT2D eigenvalue weighted by atomic mass is 16.5. The van der Waals surface area contributed by atoms with Gasteiger partial charge in [0.1, 0.15) is 17.2 Å². The van der Waals surface area contributed by atoms with Crippen molar-refractivity contribution in [3.05, 3.63) is 12.0 Å². The molecule has 2 aliphatic rings. The van der Waals surface area contributed by atoms with Crippen LogP contribution < -0.4 is 5.32 Å². The van der Waals surface area contributed by atoms with Crippen LogP contribution >= 0.6 is 0 Å². The monoisotopic (exact) mass is 263 g/mol. The molecule has 0 bridgehead atoms. The maximum atomic E-state index is 12.4. The molecule has 0 unspecified atom stereocenters. The van der Waals surface area contributed by atoms with E-state index in [-0.39, 0.29) is 5.91 Å². The van der Waals surface area contributed by atoms with E-state index in [4.69, 9.17) is 4.74 Å². The van der Waals surface area contributed by atoms with Gasteiger partial charge in [-0.15, -0.1) is 0 Å². The predicted molar refractivity (Wildman–Crippen MR) is 72.0 cm³/mol. The van der Waals surface area contributed by atoms with E-state index in [2.05, 4.69) is 14.9 Å². The lowest BCUT2D eigenvalue weighted by Crippen LogP contribution is -2.45. The van der Waals surface area contributed by atoms with Crippen LogP contribution in [0, 0.1) is 0 Å². The van der Waals surface area contributed by atoms with Gasteiger partial charge < -0.3 is 14.6 Å². The van der Waals surface area contributed by atoms with Crippen molar-refractivity contribution in [1.82, 2.24) is 9.55 Å². The van der Waals surface area contributed by atoms with Crippen LogP contribution in [-0.4, -0.2) is 27.7 Å². The molecule has 0 radical (unpaired) electrons. The Labute approximate surface area is 113 Å². The molecule has 3 rings (SSSR count). The number of hydrogen-bond acceptors (Lipinski definition) is 3. The molecular weight excluding hydrogens is 242 g/mol. The number of imidazole rings is 1. The Kier molecular flexibility index (Phi) is 3.31. The van der Waals surface area contributed by atoms with E-state index in [1.165, 1.54) is 6.42 Å². The molecule has 1 atom stereocenters. The Hall–Kier alpha value is -1.36. The number of amides is 1. The number of rotatable bonds is 2. The second-order valence-electron chi connectivity index (χ2n) is 5.66. The summed E-state index contributed by atoms with van der Waals surface area (Å²) in [6.07, 6.45) is 8.00. The Balaban J connectivity index is 1.74. The minimum atomic E-state index is -0.683. The van der Waals surface area contributed by atoms with Crippen molar-refractivity contribution < 1.29 is 9.53 Å². The number of nitrogens with zero attached hydrogens (tertiary/aromatic N) is 2. The second kappa shape index (κ2) is 4.96. The van der Waals surface area contributed by atoms with Crippen molar-refractivity contribution in [2.75, 3.05) is 11.9 Å². The third kappa shape index (κ3) is 2.39. The third-order valence-corrected chi connectivity index (χ3v) is 4.16. The van der Waals surface area contributed by atoms with Crippen LogP contribution in [0.15, 0.2) is 6.20 Å². The highest BCUT2D eigenvalue weighted by Crippen LogP contribution is 2.27. The molecule has 5 heteroatoms. The molecule has 0 aliphatic carbocycles. The van der Waals surface area contributed by atoms with Gasteiger partial charge in [-0.2, -0.15) is 0 Å². The first-order valence-electron chi connectivity index (χ1n) is 7.19. The van der Waals surface area contributed by atoms with Crippen molar-refractivity contribution in [3.63, 3.8) is 0 Å². The van der Waals surface area contributed by atoms with Crippen LogP contribution in [0.3, 0.4) is 0 Å². The van der Waals surface area contributed by atoms with Crippen molar-refractivity contribution in [3.8, 4) is 0 Å². The van der Waals surface area contributed by atoms with E-state index in [1.54, 1.807) is 6.20 Å². The van der Waals surface area contributed by atoms with Gasteiger partial charge >= 0.3 is 0 Å². The Bertz CT molecular complexity index is 475. The molecule has 1 amide bonds.